The number of hydrogen-bond acceptors (Lipinski definition) is 4. The van der Waals surface area contributed by atoms with Gasteiger partial charge in [0.1, 0.15) is 0 Å². The highest BCUT2D eigenvalue weighted by molar-refractivity contribution is 5.87. The highest BCUT2D eigenvalue weighted by atomic mass is 16.3. The molecule has 3 rings (SSSR count). The summed E-state index contributed by atoms with van der Waals surface area (Å²) in [6, 6.07) is 7.71. The van der Waals surface area contributed by atoms with Crippen molar-refractivity contribution in [2.45, 2.75) is 12.5 Å². The number of nitrogens with zero attached hydrogens (tertiary/aromatic N) is 1. The second kappa shape index (κ2) is 5.60. The van der Waals surface area contributed by atoms with Gasteiger partial charge in [0.15, 0.2) is 0 Å². The van der Waals surface area contributed by atoms with Crippen LogP contribution in [-0.2, 0) is 11.2 Å². The number of para-hydroxylation sites is 1. The maximum absolute atomic E-state index is 12.0. The Morgan fingerprint density at radius 2 is 2.25 bits per heavy atom. The lowest BCUT2D eigenvalue weighted by atomic mass is 10.1. The largest absolute Gasteiger partial charge is 0.391 e. The Labute approximate surface area is 116 Å². The topological polar surface area (TPSA) is 90.0 Å². The number of carbonyl (C=O) groups is 1. The third-order valence-electron chi connectivity index (χ3n) is 3.74. The lowest BCUT2D eigenvalue weighted by molar-refractivity contribution is -0.120. The van der Waals surface area contributed by atoms with Gasteiger partial charge >= 0.3 is 0 Å². The van der Waals surface area contributed by atoms with Crippen LogP contribution in [0.15, 0.2) is 24.3 Å². The summed E-state index contributed by atoms with van der Waals surface area (Å²) in [6.07, 6.45) is -0.0974. The van der Waals surface area contributed by atoms with Crippen molar-refractivity contribution in [2.75, 3.05) is 19.6 Å². The van der Waals surface area contributed by atoms with E-state index in [1.165, 1.54) is 0 Å². The Morgan fingerprint density at radius 1 is 1.40 bits per heavy atom. The van der Waals surface area contributed by atoms with Gasteiger partial charge in [-0.1, -0.05) is 18.2 Å². The van der Waals surface area contributed by atoms with Gasteiger partial charge < -0.3 is 15.7 Å². The van der Waals surface area contributed by atoms with Crippen LogP contribution in [0.25, 0.3) is 10.9 Å². The number of fused-ring (bicyclic) bond motifs is 1. The molecule has 1 amide bonds. The summed E-state index contributed by atoms with van der Waals surface area (Å²) in [4.78, 5) is 12.0. The molecule has 2 unspecified atom stereocenters. The minimum atomic E-state index is -0.372. The molecule has 106 valence electrons. The maximum atomic E-state index is 12.0. The number of amides is 1. The molecule has 1 fully saturated rings. The number of benzene rings is 1. The van der Waals surface area contributed by atoms with Crippen molar-refractivity contribution in [1.82, 2.24) is 20.8 Å². The molecule has 6 heteroatoms. The SMILES string of the molecule is O=C(Cc1[nH]nc2ccccc12)NCC1CNCC1O. The third kappa shape index (κ3) is 2.66. The van der Waals surface area contributed by atoms with Gasteiger partial charge in [-0.2, -0.15) is 5.10 Å². The second-order valence-corrected chi connectivity index (χ2v) is 5.19. The first kappa shape index (κ1) is 13.1. The van der Waals surface area contributed by atoms with Crippen LogP contribution in [0.2, 0.25) is 0 Å². The van der Waals surface area contributed by atoms with Crippen LogP contribution in [-0.4, -0.2) is 46.9 Å². The monoisotopic (exact) mass is 274 g/mol. The molecule has 4 N–H and O–H groups in total. The Balaban J connectivity index is 1.58. The van der Waals surface area contributed by atoms with Gasteiger partial charge in [-0.3, -0.25) is 9.89 Å². The van der Waals surface area contributed by atoms with Crippen molar-refractivity contribution in [1.29, 1.82) is 0 Å². The molecule has 1 aromatic carbocycles. The lowest BCUT2D eigenvalue weighted by Crippen LogP contribution is -2.35. The summed E-state index contributed by atoms with van der Waals surface area (Å²) in [6.45, 7) is 1.85. The molecular formula is C14H18N4O2. The van der Waals surface area contributed by atoms with Gasteiger partial charge in [0.05, 0.1) is 23.7 Å². The summed E-state index contributed by atoms with van der Waals surface area (Å²) >= 11 is 0. The van der Waals surface area contributed by atoms with Crippen molar-refractivity contribution in [2.24, 2.45) is 5.92 Å². The zero-order valence-electron chi connectivity index (χ0n) is 11.1. The predicted octanol–water partition coefficient (Wildman–Crippen LogP) is -0.198. The second-order valence-electron chi connectivity index (χ2n) is 5.19. The molecule has 1 aliphatic rings. The van der Waals surface area contributed by atoms with Crippen molar-refractivity contribution in [3.63, 3.8) is 0 Å². The van der Waals surface area contributed by atoms with E-state index in [1.807, 2.05) is 24.3 Å². The van der Waals surface area contributed by atoms with Gasteiger partial charge in [0, 0.05) is 30.9 Å². The van der Waals surface area contributed by atoms with Gasteiger partial charge in [-0.15, -0.1) is 0 Å². The van der Waals surface area contributed by atoms with Crippen molar-refractivity contribution < 1.29 is 9.90 Å². The van der Waals surface area contributed by atoms with Crippen molar-refractivity contribution >= 4 is 16.8 Å². The number of aromatic amines is 1. The Morgan fingerprint density at radius 3 is 3.05 bits per heavy atom. The average molecular weight is 274 g/mol. The normalized spacial score (nSPS) is 22.2. The van der Waals surface area contributed by atoms with E-state index in [1.54, 1.807) is 0 Å². The van der Waals surface area contributed by atoms with E-state index in [4.69, 9.17) is 0 Å². The number of β-amino-alcohol motifs (C(OH)–C–C–N with tert-alkyl or cyclic N) is 1. The molecule has 0 aliphatic carbocycles. The quantitative estimate of drug-likeness (QED) is 0.621. The summed E-state index contributed by atoms with van der Waals surface area (Å²) in [5, 5.41) is 23.7. The minimum Gasteiger partial charge on any atom is -0.391 e. The highest BCUT2D eigenvalue weighted by Crippen LogP contribution is 2.15. The Kier molecular flexibility index (Phi) is 3.66. The van der Waals surface area contributed by atoms with Crippen LogP contribution in [0.3, 0.4) is 0 Å². The number of H-pyrrole nitrogens is 1. The predicted molar refractivity (Wildman–Crippen MR) is 75.2 cm³/mol. The van der Waals surface area contributed by atoms with E-state index in [2.05, 4.69) is 20.8 Å². The van der Waals surface area contributed by atoms with Gasteiger partial charge in [-0.25, -0.2) is 0 Å². The molecule has 0 bridgehead atoms. The fourth-order valence-electron chi connectivity index (χ4n) is 2.54. The van der Waals surface area contributed by atoms with E-state index in [9.17, 15) is 9.90 Å². The molecule has 1 saturated heterocycles. The molecule has 6 nitrogen and oxygen atoms in total. The summed E-state index contributed by atoms with van der Waals surface area (Å²) in [5.41, 5.74) is 1.69. The molecule has 2 heterocycles. The number of aliphatic hydroxyl groups excluding tert-OH is 1. The Bertz CT molecular complexity index is 610. The number of aromatic nitrogens is 2. The molecule has 0 spiro atoms. The molecular weight excluding hydrogens is 256 g/mol. The number of carbonyl (C=O) groups excluding carboxylic acids is 1. The molecule has 1 aromatic heterocycles. The van der Waals surface area contributed by atoms with E-state index in [0.29, 0.717) is 13.1 Å². The van der Waals surface area contributed by atoms with E-state index in [-0.39, 0.29) is 24.3 Å². The van der Waals surface area contributed by atoms with Crippen LogP contribution in [0, 0.1) is 5.92 Å². The summed E-state index contributed by atoms with van der Waals surface area (Å²) < 4.78 is 0. The van der Waals surface area contributed by atoms with Gasteiger partial charge in [0.25, 0.3) is 0 Å². The molecule has 0 radical (unpaired) electrons. The minimum absolute atomic E-state index is 0.0569. The molecule has 20 heavy (non-hydrogen) atoms. The standard InChI is InChI=1S/C14H18N4O2/c19-13-8-15-6-9(13)7-16-14(20)5-12-10-3-1-2-4-11(10)17-18-12/h1-4,9,13,15,19H,5-8H2,(H,16,20)(H,17,18). The molecule has 0 saturated carbocycles. The molecule has 1 aliphatic heterocycles. The van der Waals surface area contributed by atoms with E-state index >= 15 is 0 Å². The van der Waals surface area contributed by atoms with Crippen molar-refractivity contribution in [3.05, 3.63) is 30.0 Å². The molecule has 2 aromatic rings. The first-order chi connectivity index (χ1) is 9.74. The number of nitrogens with one attached hydrogen (secondary N) is 3. The fraction of sp³-hybridized carbons (Fsp3) is 0.429. The fourth-order valence-corrected chi connectivity index (χ4v) is 2.54. The van der Waals surface area contributed by atoms with Crippen LogP contribution in [0.5, 0.6) is 0 Å². The maximum Gasteiger partial charge on any atom is 0.226 e. The molecule has 2 atom stereocenters. The van der Waals surface area contributed by atoms with E-state index in [0.717, 1.165) is 23.1 Å². The summed E-state index contributed by atoms with van der Waals surface area (Å²) in [5.74, 6) is 0.0379. The van der Waals surface area contributed by atoms with E-state index < -0.39 is 0 Å². The number of rotatable bonds is 4. The lowest BCUT2D eigenvalue weighted by Gasteiger charge is -2.13. The number of hydrogen-bond donors (Lipinski definition) is 4. The average Bonchev–Trinajstić information content (AvgIpc) is 3.04. The van der Waals surface area contributed by atoms with Crippen LogP contribution in [0.4, 0.5) is 0 Å². The van der Waals surface area contributed by atoms with Crippen LogP contribution >= 0.6 is 0 Å². The van der Waals surface area contributed by atoms with Crippen LogP contribution in [0.1, 0.15) is 5.69 Å². The first-order valence-corrected chi connectivity index (χ1v) is 6.81. The Hall–Kier alpha value is -1.92. The van der Waals surface area contributed by atoms with Crippen molar-refractivity contribution in [3.8, 4) is 0 Å². The van der Waals surface area contributed by atoms with Crippen LogP contribution < -0.4 is 10.6 Å². The third-order valence-corrected chi connectivity index (χ3v) is 3.74. The number of aliphatic hydroxyl groups is 1. The highest BCUT2D eigenvalue weighted by Gasteiger charge is 2.25. The zero-order chi connectivity index (χ0) is 13.9. The summed E-state index contributed by atoms with van der Waals surface area (Å²) in [7, 11) is 0. The van der Waals surface area contributed by atoms with Gasteiger partial charge in [0.2, 0.25) is 5.91 Å². The first-order valence-electron chi connectivity index (χ1n) is 6.81. The smallest absolute Gasteiger partial charge is 0.226 e. The zero-order valence-corrected chi connectivity index (χ0v) is 11.1. The van der Waals surface area contributed by atoms with Gasteiger partial charge in [-0.05, 0) is 6.07 Å².